The number of likely N-dealkylation sites (tertiary alicyclic amines) is 1. The van der Waals surface area contributed by atoms with E-state index >= 15 is 0 Å². The van der Waals surface area contributed by atoms with Crippen LogP contribution in [0.25, 0.3) is 11.1 Å². The summed E-state index contributed by atoms with van der Waals surface area (Å²) >= 11 is 0. The summed E-state index contributed by atoms with van der Waals surface area (Å²) in [7, 11) is 0. The number of nitrogens with one attached hydrogen (secondary N) is 5. The van der Waals surface area contributed by atoms with Crippen molar-refractivity contribution in [3.8, 4) is 22.6 Å². The number of aromatic hydroxyl groups is 2. The molecule has 2 aromatic rings. The summed E-state index contributed by atoms with van der Waals surface area (Å²) in [6.45, 7) is 10.5. The second kappa shape index (κ2) is 25.4. The van der Waals surface area contributed by atoms with E-state index in [-0.39, 0.29) is 107 Å². The SMILES string of the molecule is CC(C)(C)OC(=O)NCCC[C@@H]1NC(=O)[C@@H](NC(=O)OC(C)(C)C)Cc2cc(ccc2O)-c2ccc(O)c(c2)C[C@@H](C(=O)N2CCCC(C(=O)N[C@@H](CCCN)C(=O)N(CCN)CCO)C2)NC1=O. The van der Waals surface area contributed by atoms with Crippen LogP contribution in [0, 0.1) is 5.92 Å². The molecule has 1 saturated heterocycles. The molecule has 2 heterocycles. The predicted molar refractivity (Wildman–Crippen MR) is 255 cm³/mol. The van der Waals surface area contributed by atoms with E-state index in [1.54, 1.807) is 65.8 Å². The van der Waals surface area contributed by atoms with Gasteiger partial charge in [0.25, 0.3) is 0 Å². The Balaban J connectivity index is 1.72. The highest BCUT2D eigenvalue weighted by Gasteiger charge is 2.37. The summed E-state index contributed by atoms with van der Waals surface area (Å²) in [5, 5.41) is 45.4. The average molecular weight is 968 g/mol. The molecular weight excluding hydrogens is 895 g/mol. The first-order chi connectivity index (χ1) is 32.5. The topological polar surface area (TPSA) is 317 Å². The molecule has 1 unspecified atom stereocenters. The molecule has 2 aliphatic rings. The first-order valence-corrected chi connectivity index (χ1v) is 23.6. The highest BCUT2D eigenvalue weighted by atomic mass is 16.6. The minimum Gasteiger partial charge on any atom is -0.508 e. The lowest BCUT2D eigenvalue weighted by atomic mass is 9.93. The summed E-state index contributed by atoms with van der Waals surface area (Å²) in [5.74, 6) is -4.22. The second-order valence-corrected chi connectivity index (χ2v) is 19.4. The molecule has 0 aliphatic carbocycles. The van der Waals surface area contributed by atoms with Gasteiger partial charge in [0, 0.05) is 52.1 Å². The van der Waals surface area contributed by atoms with Crippen LogP contribution in [0.2, 0.25) is 0 Å². The van der Waals surface area contributed by atoms with E-state index in [0.29, 0.717) is 30.4 Å². The molecule has 12 N–H and O–H groups in total. The summed E-state index contributed by atoms with van der Waals surface area (Å²) in [4.78, 5) is 99.7. The van der Waals surface area contributed by atoms with Gasteiger partial charge in [0.1, 0.15) is 46.9 Å². The third kappa shape index (κ3) is 17.4. The number of nitrogens with two attached hydrogens (primary N) is 2. The zero-order chi connectivity index (χ0) is 51.1. The maximum atomic E-state index is 14.8. The normalized spacial score (nSPS) is 19.3. The van der Waals surface area contributed by atoms with Crippen molar-refractivity contribution in [1.82, 2.24) is 36.4 Å². The fraction of sp³-hybridized carbons (Fsp3) is 0.604. The molecule has 0 radical (unpaired) electrons. The molecule has 5 atom stereocenters. The van der Waals surface area contributed by atoms with Gasteiger partial charge in [0.15, 0.2) is 0 Å². The number of amides is 7. The standard InChI is InChI=1S/C48H73N9O12/c1-47(2,3)68-45(66)51-19-8-12-34-41(62)54-37(44(65)57-20-9-10-31(28-57)40(61)53-35(11-7-17-49)43(64)56(21-18-50)22-23-58)27-33-25-30(14-16-39(33)60)29-13-15-38(59)32(24-29)26-36(42(63)52-34)55-46(67)69-48(4,5)6/h13-16,24-25,31,34-37,58-60H,7-12,17-23,26-28,49-50H2,1-6H3,(H,51,66)(H,52,63)(H,53,61)(H,54,62)(H,55,67)/t31?,34-,35-,36-,37-/m0/s1. The number of rotatable bonds is 16. The van der Waals surface area contributed by atoms with Crippen molar-refractivity contribution in [3.63, 3.8) is 0 Å². The number of carbonyl (C=O) groups is 7. The molecule has 4 rings (SSSR count). The van der Waals surface area contributed by atoms with Crippen LogP contribution in [0.1, 0.15) is 91.2 Å². The second-order valence-electron chi connectivity index (χ2n) is 19.4. The Morgan fingerprint density at radius 2 is 1.46 bits per heavy atom. The van der Waals surface area contributed by atoms with Crippen LogP contribution in [0.3, 0.4) is 0 Å². The van der Waals surface area contributed by atoms with E-state index in [4.69, 9.17) is 20.9 Å². The quantitative estimate of drug-likeness (QED) is 0.106. The maximum absolute atomic E-state index is 14.8. The zero-order valence-corrected chi connectivity index (χ0v) is 40.7. The molecule has 21 heteroatoms. The van der Waals surface area contributed by atoms with Crippen molar-refractivity contribution in [2.75, 3.05) is 52.4 Å². The summed E-state index contributed by atoms with van der Waals surface area (Å²) in [6.07, 6.45) is -0.616. The number of phenolic OH excluding ortho intramolecular Hbond substituents is 2. The van der Waals surface area contributed by atoms with Crippen LogP contribution >= 0.6 is 0 Å². The van der Waals surface area contributed by atoms with Crippen molar-refractivity contribution in [2.24, 2.45) is 17.4 Å². The molecule has 21 nitrogen and oxygen atoms in total. The van der Waals surface area contributed by atoms with Gasteiger partial charge in [-0.05, 0) is 133 Å². The van der Waals surface area contributed by atoms with Gasteiger partial charge in [-0.25, -0.2) is 9.59 Å². The van der Waals surface area contributed by atoms with Gasteiger partial charge in [0.05, 0.1) is 12.5 Å². The molecular formula is C48H73N9O12. The van der Waals surface area contributed by atoms with Crippen molar-refractivity contribution >= 4 is 41.7 Å². The molecule has 0 aromatic heterocycles. The fourth-order valence-electron chi connectivity index (χ4n) is 8.09. The number of alkyl carbamates (subject to hydrolysis) is 2. The maximum Gasteiger partial charge on any atom is 0.408 e. The molecule has 4 bridgehead atoms. The number of aliphatic hydroxyl groups excluding tert-OH is 1. The van der Waals surface area contributed by atoms with Crippen LogP contribution in [0.4, 0.5) is 9.59 Å². The highest BCUT2D eigenvalue weighted by molar-refractivity contribution is 5.95. The summed E-state index contributed by atoms with van der Waals surface area (Å²) < 4.78 is 10.8. The van der Waals surface area contributed by atoms with Crippen molar-refractivity contribution in [2.45, 2.75) is 128 Å². The van der Waals surface area contributed by atoms with Gasteiger partial charge >= 0.3 is 12.2 Å². The molecule has 2 aliphatic heterocycles. The van der Waals surface area contributed by atoms with E-state index in [1.165, 1.54) is 21.9 Å². The molecule has 1 fully saturated rings. The predicted octanol–water partition coefficient (Wildman–Crippen LogP) is 1.27. The van der Waals surface area contributed by atoms with Crippen LogP contribution in [-0.4, -0.2) is 155 Å². The number of fused-ring (bicyclic) bond motifs is 5. The van der Waals surface area contributed by atoms with Gasteiger partial charge in [-0.15, -0.1) is 0 Å². The number of carbonyl (C=O) groups excluding carboxylic acids is 7. The minimum atomic E-state index is -1.39. The molecule has 0 spiro atoms. The molecule has 7 amide bonds. The van der Waals surface area contributed by atoms with E-state index in [9.17, 15) is 48.9 Å². The Morgan fingerprint density at radius 1 is 0.841 bits per heavy atom. The van der Waals surface area contributed by atoms with E-state index in [1.807, 2.05) is 0 Å². The number of phenols is 2. The first kappa shape index (κ1) is 55.4. The lowest BCUT2D eigenvalue weighted by molar-refractivity contribution is -0.142. The number of ether oxygens (including phenoxy) is 2. The third-order valence-corrected chi connectivity index (χ3v) is 11.4. The van der Waals surface area contributed by atoms with Crippen molar-refractivity contribution < 1.29 is 58.4 Å². The molecule has 382 valence electrons. The molecule has 2 aromatic carbocycles. The summed E-state index contributed by atoms with van der Waals surface area (Å²) in [6, 6.07) is 4.32. The monoisotopic (exact) mass is 968 g/mol. The Kier molecular flexibility index (Phi) is 20.4. The van der Waals surface area contributed by atoms with E-state index in [2.05, 4.69) is 26.6 Å². The molecule has 69 heavy (non-hydrogen) atoms. The Bertz CT molecular complexity index is 2120. The van der Waals surface area contributed by atoms with Gasteiger partial charge < -0.3 is 72.6 Å². The van der Waals surface area contributed by atoms with Gasteiger partial charge in [-0.2, -0.15) is 0 Å². The number of hydrogen-bond donors (Lipinski definition) is 10. The Labute approximate surface area is 403 Å². The number of nitrogens with zero attached hydrogens (tertiary/aromatic N) is 2. The average Bonchev–Trinajstić information content (AvgIpc) is 3.27. The third-order valence-electron chi connectivity index (χ3n) is 11.4. The summed E-state index contributed by atoms with van der Waals surface area (Å²) in [5.41, 5.74) is 11.4. The van der Waals surface area contributed by atoms with Crippen LogP contribution in [0.15, 0.2) is 36.4 Å². The lowest BCUT2D eigenvalue weighted by Gasteiger charge is -2.36. The Morgan fingerprint density at radius 3 is 2.06 bits per heavy atom. The van der Waals surface area contributed by atoms with Gasteiger partial charge in [-0.1, -0.05) is 12.1 Å². The largest absolute Gasteiger partial charge is 0.508 e. The highest BCUT2D eigenvalue weighted by Crippen LogP contribution is 2.32. The number of hydrogen-bond acceptors (Lipinski definition) is 14. The van der Waals surface area contributed by atoms with Crippen LogP contribution in [-0.2, 0) is 46.3 Å². The van der Waals surface area contributed by atoms with Crippen LogP contribution < -0.4 is 38.1 Å². The van der Waals surface area contributed by atoms with Gasteiger partial charge in [0.2, 0.25) is 29.5 Å². The van der Waals surface area contributed by atoms with Gasteiger partial charge in [-0.3, -0.25) is 24.0 Å². The number of benzene rings is 2. The van der Waals surface area contributed by atoms with Crippen LogP contribution in [0.5, 0.6) is 11.5 Å². The minimum absolute atomic E-state index is 0.0232. The Hall–Kier alpha value is -6.19. The van der Waals surface area contributed by atoms with Crippen molar-refractivity contribution in [1.29, 1.82) is 0 Å². The first-order valence-electron chi connectivity index (χ1n) is 23.6. The zero-order valence-electron chi connectivity index (χ0n) is 40.7. The fourth-order valence-corrected chi connectivity index (χ4v) is 8.09. The lowest BCUT2D eigenvalue weighted by Crippen LogP contribution is -2.59. The smallest absolute Gasteiger partial charge is 0.408 e. The number of piperidine rings is 1. The number of aliphatic hydroxyl groups is 1. The molecule has 0 saturated carbocycles. The van der Waals surface area contributed by atoms with Crippen molar-refractivity contribution in [3.05, 3.63) is 47.5 Å². The van der Waals surface area contributed by atoms with E-state index < -0.39 is 83.0 Å². The van der Waals surface area contributed by atoms with E-state index in [0.717, 1.165) is 0 Å².